The van der Waals surface area contributed by atoms with E-state index in [0.29, 0.717) is 11.8 Å². The van der Waals surface area contributed by atoms with Gasteiger partial charge in [-0.15, -0.1) is 10.2 Å². The average Bonchev–Trinajstić information content (AvgIpc) is 3.82. The molecule has 0 atom stereocenters. The molecule has 4 nitrogen and oxygen atoms in total. The highest BCUT2D eigenvalue weighted by molar-refractivity contribution is 14.2. The van der Waals surface area contributed by atoms with E-state index >= 15 is 0 Å². The Labute approximate surface area is 351 Å². The van der Waals surface area contributed by atoms with Gasteiger partial charge in [0, 0.05) is 23.4 Å². The summed E-state index contributed by atoms with van der Waals surface area (Å²) in [5, 5.41) is 14.6. The van der Waals surface area contributed by atoms with Crippen molar-refractivity contribution in [2.24, 2.45) is 4.99 Å². The SMILES string of the molecule is c1ccc(C2=C(c3ccc(-c4ccc(-c5nnc(-c6ccccc6)o5)cc4)cc3)N=c3cc(-c4cccc5ccccc45)c(-c4cccc5ccccc45)cc3=I2)cc1. The summed E-state index contributed by atoms with van der Waals surface area (Å²) < 4.78 is 8.67. The van der Waals surface area contributed by atoms with E-state index in [0.717, 1.165) is 38.9 Å². The number of fused-ring (bicyclic) bond motifs is 3. The molecule has 9 aromatic carbocycles. The maximum absolute atomic E-state index is 6.02. The zero-order valence-corrected chi connectivity index (χ0v) is 33.9. The lowest BCUT2D eigenvalue weighted by Crippen LogP contribution is -2.08. The fourth-order valence-corrected chi connectivity index (χ4v) is 11.0. The van der Waals surface area contributed by atoms with Gasteiger partial charge in [0.05, 0.1) is 11.1 Å². The molecular weight excluding hydrogens is 834 g/mol. The second-order valence-corrected chi connectivity index (χ2v) is 17.4. The van der Waals surface area contributed by atoms with Crippen molar-refractivity contribution < 1.29 is 4.42 Å². The molecule has 59 heavy (non-hydrogen) atoms. The van der Waals surface area contributed by atoms with E-state index in [1.807, 2.05) is 42.5 Å². The Hall–Kier alpha value is -7.09. The predicted molar refractivity (Wildman–Crippen MR) is 250 cm³/mol. The van der Waals surface area contributed by atoms with Gasteiger partial charge in [-0.3, -0.25) is 0 Å². The van der Waals surface area contributed by atoms with Crippen molar-refractivity contribution in [2.45, 2.75) is 0 Å². The van der Waals surface area contributed by atoms with E-state index in [4.69, 9.17) is 9.41 Å². The number of aromatic nitrogens is 2. The molecule has 0 aliphatic carbocycles. The van der Waals surface area contributed by atoms with E-state index in [9.17, 15) is 0 Å². The topological polar surface area (TPSA) is 51.3 Å². The molecule has 11 rings (SSSR count). The monoisotopic (exact) mass is 867 g/mol. The Morgan fingerprint density at radius 2 is 0.814 bits per heavy atom. The summed E-state index contributed by atoms with van der Waals surface area (Å²) in [6.07, 6.45) is 0. The van der Waals surface area contributed by atoms with E-state index in [1.165, 1.54) is 56.1 Å². The number of rotatable bonds is 7. The fraction of sp³-hybridized carbons (Fsp3) is 0. The summed E-state index contributed by atoms with van der Waals surface area (Å²) in [5.74, 6) is 1.01. The summed E-state index contributed by atoms with van der Waals surface area (Å²) in [7, 11) is 0. The van der Waals surface area contributed by atoms with Crippen LogP contribution in [0.1, 0.15) is 11.1 Å². The molecule has 0 radical (unpaired) electrons. The molecule has 5 heteroatoms. The molecule has 0 N–H and O–H groups in total. The van der Waals surface area contributed by atoms with Crippen LogP contribution >= 0.6 is 20.7 Å². The first-order valence-corrected chi connectivity index (χ1v) is 21.8. The molecule has 2 heterocycles. The molecule has 0 spiro atoms. The van der Waals surface area contributed by atoms with Gasteiger partial charge in [-0.1, -0.05) is 191 Å². The van der Waals surface area contributed by atoms with Crippen LogP contribution in [-0.2, 0) is 0 Å². The van der Waals surface area contributed by atoms with Crippen molar-refractivity contribution in [3.63, 3.8) is 0 Å². The van der Waals surface area contributed by atoms with Crippen LogP contribution in [0, 0.1) is 3.15 Å². The lowest BCUT2D eigenvalue weighted by Gasteiger charge is -2.18. The summed E-state index contributed by atoms with van der Waals surface area (Å²) in [4.78, 5) is 5.59. The zero-order chi connectivity index (χ0) is 39.1. The third-order valence-electron chi connectivity index (χ3n) is 11.0. The third-order valence-corrected chi connectivity index (χ3v) is 14.1. The van der Waals surface area contributed by atoms with Crippen molar-refractivity contribution in [3.8, 4) is 56.3 Å². The van der Waals surface area contributed by atoms with Crippen molar-refractivity contribution in [3.05, 3.63) is 226 Å². The maximum atomic E-state index is 6.02. The zero-order valence-electron chi connectivity index (χ0n) is 31.8. The Balaban J connectivity index is 1.02. The number of hydrogen-bond acceptors (Lipinski definition) is 4. The Bertz CT molecular complexity index is 3340. The normalized spacial score (nSPS) is 12.4. The molecule has 0 saturated heterocycles. The van der Waals surface area contributed by atoms with Crippen molar-refractivity contribution in [1.82, 2.24) is 10.2 Å². The third kappa shape index (κ3) is 6.59. The first-order valence-electron chi connectivity index (χ1n) is 19.6. The molecule has 0 amide bonds. The number of hydrogen-bond donors (Lipinski definition) is 0. The minimum atomic E-state index is -0.613. The second-order valence-electron chi connectivity index (χ2n) is 14.6. The van der Waals surface area contributed by atoms with Gasteiger partial charge in [-0.05, 0) is 96.9 Å². The van der Waals surface area contributed by atoms with Gasteiger partial charge in [0.15, 0.2) is 0 Å². The lowest BCUT2D eigenvalue weighted by molar-refractivity contribution is 0.584. The largest absolute Gasteiger partial charge is 0.416 e. The van der Waals surface area contributed by atoms with Gasteiger partial charge >= 0.3 is 0 Å². The molecule has 0 saturated carbocycles. The predicted octanol–water partition coefficient (Wildman–Crippen LogP) is 14.1. The molecule has 0 unspecified atom stereocenters. The van der Waals surface area contributed by atoms with Crippen molar-refractivity contribution >= 4 is 51.6 Å². The maximum Gasteiger partial charge on any atom is 0.248 e. The molecule has 0 bridgehead atoms. The van der Waals surface area contributed by atoms with Gasteiger partial charge in [0.25, 0.3) is 0 Å². The first-order chi connectivity index (χ1) is 29.2. The van der Waals surface area contributed by atoms with Crippen LogP contribution in [0.4, 0.5) is 0 Å². The molecule has 1 aliphatic heterocycles. The standard InChI is InChI=1S/C54H34IN3O/c1-3-15-39(16-4-1)51-52(40-29-25-35(26-30-40)36-27-31-42(32-28-36)54-58-57-53(59-54)41-17-5-2-6-18-41)56-50-34-48(46-24-12-20-38-14-8-10-22-44(38)46)47(33-49(50)55-51)45-23-11-19-37-13-7-9-21-43(37)45/h1-34H. The van der Waals surface area contributed by atoms with Gasteiger partial charge in [0.2, 0.25) is 11.8 Å². The molecule has 0 fully saturated rings. The van der Waals surface area contributed by atoms with Gasteiger partial charge in [0.1, 0.15) is 0 Å². The number of halogens is 1. The molecule has 278 valence electrons. The Morgan fingerprint density at radius 1 is 0.356 bits per heavy atom. The molecular formula is C54H34IN3O. The molecule has 1 aliphatic rings. The van der Waals surface area contributed by atoms with Crippen LogP contribution in [-0.4, -0.2) is 10.2 Å². The highest BCUT2D eigenvalue weighted by Crippen LogP contribution is 2.43. The average molecular weight is 868 g/mol. The second kappa shape index (κ2) is 15.0. The first kappa shape index (κ1) is 35.1. The molecule has 10 aromatic rings. The lowest BCUT2D eigenvalue weighted by atomic mass is 9.89. The van der Waals surface area contributed by atoms with Crippen molar-refractivity contribution in [2.75, 3.05) is 0 Å². The van der Waals surface area contributed by atoms with Crippen LogP contribution in [0.25, 0.3) is 87.1 Å². The highest BCUT2D eigenvalue weighted by Gasteiger charge is 2.19. The van der Waals surface area contributed by atoms with E-state index in [1.54, 1.807) is 0 Å². The number of benzene rings is 9. The summed E-state index contributed by atoms with van der Waals surface area (Å²) >= 11 is -0.613. The van der Waals surface area contributed by atoms with Crippen molar-refractivity contribution in [1.29, 1.82) is 0 Å². The van der Waals surface area contributed by atoms with Gasteiger partial charge in [-0.25, -0.2) is 4.99 Å². The summed E-state index contributed by atoms with van der Waals surface area (Å²) in [6, 6.07) is 73.3. The Morgan fingerprint density at radius 3 is 1.41 bits per heavy atom. The van der Waals surface area contributed by atoms with Gasteiger partial charge < -0.3 is 4.42 Å². The molecule has 1 aromatic heterocycles. The summed E-state index contributed by atoms with van der Waals surface area (Å²) in [6.45, 7) is 0. The highest BCUT2D eigenvalue weighted by atomic mass is 127. The van der Waals surface area contributed by atoms with E-state index < -0.39 is 20.7 Å². The van der Waals surface area contributed by atoms with E-state index in [-0.39, 0.29) is 0 Å². The minimum absolute atomic E-state index is 0.501. The van der Waals surface area contributed by atoms with Crippen LogP contribution in [0.15, 0.2) is 216 Å². The minimum Gasteiger partial charge on any atom is -0.416 e. The van der Waals surface area contributed by atoms with Gasteiger partial charge in [-0.2, -0.15) is 0 Å². The number of nitrogens with zero attached hydrogens (tertiary/aromatic N) is 3. The van der Waals surface area contributed by atoms with Crippen LogP contribution in [0.2, 0.25) is 0 Å². The fourth-order valence-electron chi connectivity index (χ4n) is 8.04. The smallest absolute Gasteiger partial charge is 0.248 e. The quantitative estimate of drug-likeness (QED) is 0.150. The van der Waals surface area contributed by atoms with Crippen LogP contribution < -0.4 is 5.36 Å². The van der Waals surface area contributed by atoms with Crippen LogP contribution in [0.5, 0.6) is 0 Å². The van der Waals surface area contributed by atoms with E-state index in [2.05, 4.69) is 174 Å². The Kier molecular flexibility index (Phi) is 8.93. The summed E-state index contributed by atoms with van der Waals surface area (Å²) in [5.41, 5.74) is 12.3. The van der Waals surface area contributed by atoms with Crippen LogP contribution in [0.3, 0.4) is 0 Å².